The van der Waals surface area contributed by atoms with Gasteiger partial charge in [0.2, 0.25) is 11.8 Å². The highest BCUT2D eigenvalue weighted by Crippen LogP contribution is 2.19. The summed E-state index contributed by atoms with van der Waals surface area (Å²) in [6, 6.07) is 0.228. The van der Waals surface area contributed by atoms with Gasteiger partial charge < -0.3 is 14.7 Å². The Morgan fingerprint density at radius 3 is 2.18 bits per heavy atom. The van der Waals surface area contributed by atoms with Crippen molar-refractivity contribution in [2.24, 2.45) is 5.92 Å². The van der Waals surface area contributed by atoms with Crippen LogP contribution < -0.4 is 0 Å². The van der Waals surface area contributed by atoms with E-state index in [0.29, 0.717) is 13.1 Å². The first-order valence-electron chi connectivity index (χ1n) is 8.77. The Bertz CT molecular complexity index is 383. The van der Waals surface area contributed by atoms with Crippen LogP contribution in [0.1, 0.15) is 46.5 Å². The van der Waals surface area contributed by atoms with Crippen LogP contribution in [-0.2, 0) is 9.59 Å². The van der Waals surface area contributed by atoms with Crippen LogP contribution >= 0.6 is 0 Å². The largest absolute Gasteiger partial charge is 0.341 e. The number of hydrogen-bond acceptors (Lipinski definition) is 3. The van der Waals surface area contributed by atoms with E-state index in [2.05, 4.69) is 18.7 Å². The molecule has 0 aliphatic carbocycles. The van der Waals surface area contributed by atoms with Crippen molar-refractivity contribution in [3.63, 3.8) is 0 Å². The lowest BCUT2D eigenvalue weighted by molar-refractivity contribution is -0.148. The molecule has 0 aromatic carbocycles. The molecule has 126 valence electrons. The van der Waals surface area contributed by atoms with Gasteiger partial charge in [-0.15, -0.1) is 0 Å². The van der Waals surface area contributed by atoms with Crippen LogP contribution in [0.2, 0.25) is 0 Å². The van der Waals surface area contributed by atoms with Crippen LogP contribution in [0.15, 0.2) is 0 Å². The van der Waals surface area contributed by atoms with E-state index in [1.807, 2.05) is 4.90 Å². The topological polar surface area (TPSA) is 43.9 Å². The Morgan fingerprint density at radius 1 is 1.09 bits per heavy atom. The van der Waals surface area contributed by atoms with Gasteiger partial charge in [-0.1, -0.05) is 12.8 Å². The second kappa shape index (κ2) is 7.95. The number of nitrogens with zero attached hydrogens (tertiary/aromatic N) is 3. The Hall–Kier alpha value is -1.10. The Labute approximate surface area is 134 Å². The summed E-state index contributed by atoms with van der Waals surface area (Å²) in [6.07, 6.45) is 5.25. The predicted molar refractivity (Wildman–Crippen MR) is 87.5 cm³/mol. The zero-order chi connectivity index (χ0) is 16.1. The van der Waals surface area contributed by atoms with Gasteiger partial charge in [0.15, 0.2) is 0 Å². The zero-order valence-electron chi connectivity index (χ0n) is 14.4. The van der Waals surface area contributed by atoms with Crippen molar-refractivity contribution in [1.82, 2.24) is 14.7 Å². The SMILES string of the molecule is CC(=O)N1CC(C(=O)N(CCN2CCCCCC2)C(C)C)C1. The van der Waals surface area contributed by atoms with Gasteiger partial charge in [0, 0.05) is 39.1 Å². The summed E-state index contributed by atoms with van der Waals surface area (Å²) in [5.74, 6) is 0.308. The Balaban J connectivity index is 1.81. The van der Waals surface area contributed by atoms with Crippen molar-refractivity contribution in [2.75, 3.05) is 39.3 Å². The van der Waals surface area contributed by atoms with Crippen LogP contribution in [0.25, 0.3) is 0 Å². The first-order valence-corrected chi connectivity index (χ1v) is 8.77. The molecule has 5 nitrogen and oxygen atoms in total. The van der Waals surface area contributed by atoms with Crippen molar-refractivity contribution in [3.05, 3.63) is 0 Å². The highest BCUT2D eigenvalue weighted by Gasteiger charge is 2.37. The highest BCUT2D eigenvalue weighted by atomic mass is 16.2. The molecule has 0 unspecified atom stereocenters. The molecule has 0 N–H and O–H groups in total. The summed E-state index contributed by atoms with van der Waals surface area (Å²) < 4.78 is 0. The van der Waals surface area contributed by atoms with E-state index in [1.165, 1.54) is 38.8 Å². The molecule has 2 aliphatic heterocycles. The minimum atomic E-state index is 0.00966. The molecule has 0 aromatic heterocycles. The molecule has 0 atom stereocenters. The Morgan fingerprint density at radius 2 is 1.68 bits per heavy atom. The Kier molecular flexibility index (Phi) is 6.24. The van der Waals surface area contributed by atoms with Crippen molar-refractivity contribution in [3.8, 4) is 0 Å². The maximum atomic E-state index is 12.6. The third-order valence-electron chi connectivity index (χ3n) is 4.94. The molecule has 0 bridgehead atoms. The van der Waals surface area contributed by atoms with Crippen LogP contribution in [-0.4, -0.2) is 71.8 Å². The molecule has 0 saturated carbocycles. The van der Waals surface area contributed by atoms with Gasteiger partial charge in [0.1, 0.15) is 0 Å². The van der Waals surface area contributed by atoms with Gasteiger partial charge in [-0.2, -0.15) is 0 Å². The fourth-order valence-electron chi connectivity index (χ4n) is 3.36. The van der Waals surface area contributed by atoms with E-state index < -0.39 is 0 Å². The molecule has 2 amide bonds. The summed E-state index contributed by atoms with van der Waals surface area (Å²) >= 11 is 0. The molecular formula is C17H31N3O2. The molecule has 2 saturated heterocycles. The standard InChI is InChI=1S/C17H31N3O2/c1-14(2)20(11-10-18-8-6-4-5-7-9-18)17(22)16-12-19(13-16)15(3)21/h14,16H,4-13H2,1-3H3. The fraction of sp³-hybridized carbons (Fsp3) is 0.882. The van der Waals surface area contributed by atoms with Crippen molar-refractivity contribution in [2.45, 2.75) is 52.5 Å². The number of rotatable bonds is 5. The molecule has 2 heterocycles. The molecule has 22 heavy (non-hydrogen) atoms. The van der Waals surface area contributed by atoms with Crippen LogP contribution in [0.5, 0.6) is 0 Å². The number of likely N-dealkylation sites (tertiary alicyclic amines) is 2. The van der Waals surface area contributed by atoms with Crippen molar-refractivity contribution >= 4 is 11.8 Å². The maximum absolute atomic E-state index is 12.6. The molecule has 2 rings (SSSR count). The van der Waals surface area contributed by atoms with Gasteiger partial charge in [-0.3, -0.25) is 9.59 Å². The van der Waals surface area contributed by atoms with E-state index in [9.17, 15) is 9.59 Å². The van der Waals surface area contributed by atoms with Gasteiger partial charge in [0.05, 0.1) is 5.92 Å². The monoisotopic (exact) mass is 309 g/mol. The fourth-order valence-corrected chi connectivity index (χ4v) is 3.36. The molecule has 0 spiro atoms. The quantitative estimate of drug-likeness (QED) is 0.774. The molecular weight excluding hydrogens is 278 g/mol. The first kappa shape index (κ1) is 17.3. The minimum Gasteiger partial charge on any atom is -0.341 e. The van der Waals surface area contributed by atoms with Crippen LogP contribution in [0.3, 0.4) is 0 Å². The number of hydrogen-bond donors (Lipinski definition) is 0. The molecule has 2 aliphatic rings. The maximum Gasteiger partial charge on any atom is 0.229 e. The van der Waals surface area contributed by atoms with E-state index in [-0.39, 0.29) is 23.8 Å². The first-order chi connectivity index (χ1) is 10.5. The summed E-state index contributed by atoms with van der Waals surface area (Å²) in [6.45, 7) is 11.1. The smallest absolute Gasteiger partial charge is 0.229 e. The zero-order valence-corrected chi connectivity index (χ0v) is 14.4. The van der Waals surface area contributed by atoms with E-state index >= 15 is 0 Å². The third-order valence-corrected chi connectivity index (χ3v) is 4.94. The third kappa shape index (κ3) is 4.45. The molecule has 2 fully saturated rings. The summed E-state index contributed by atoms with van der Waals surface area (Å²) in [7, 11) is 0. The lowest BCUT2D eigenvalue weighted by atomic mass is 9.97. The molecule has 5 heteroatoms. The van der Waals surface area contributed by atoms with E-state index in [1.54, 1.807) is 11.8 Å². The lowest BCUT2D eigenvalue weighted by Gasteiger charge is -2.41. The second-order valence-corrected chi connectivity index (χ2v) is 7.00. The van der Waals surface area contributed by atoms with Crippen LogP contribution in [0, 0.1) is 5.92 Å². The minimum absolute atomic E-state index is 0.00966. The summed E-state index contributed by atoms with van der Waals surface area (Å²) in [5.41, 5.74) is 0. The predicted octanol–water partition coefficient (Wildman–Crippen LogP) is 1.58. The summed E-state index contributed by atoms with van der Waals surface area (Å²) in [5, 5.41) is 0. The number of amides is 2. The highest BCUT2D eigenvalue weighted by molar-refractivity contribution is 5.83. The van der Waals surface area contributed by atoms with Crippen molar-refractivity contribution in [1.29, 1.82) is 0 Å². The van der Waals surface area contributed by atoms with Gasteiger partial charge in [-0.05, 0) is 39.8 Å². The van der Waals surface area contributed by atoms with Gasteiger partial charge in [-0.25, -0.2) is 0 Å². The van der Waals surface area contributed by atoms with Crippen LogP contribution in [0.4, 0.5) is 0 Å². The number of carbonyl (C=O) groups is 2. The number of carbonyl (C=O) groups excluding carboxylic acids is 2. The second-order valence-electron chi connectivity index (χ2n) is 7.00. The van der Waals surface area contributed by atoms with E-state index in [0.717, 1.165) is 13.1 Å². The van der Waals surface area contributed by atoms with Gasteiger partial charge >= 0.3 is 0 Å². The average molecular weight is 309 g/mol. The lowest BCUT2D eigenvalue weighted by Crippen LogP contribution is -2.57. The summed E-state index contributed by atoms with van der Waals surface area (Å²) in [4.78, 5) is 30.2. The molecule has 0 radical (unpaired) electrons. The van der Waals surface area contributed by atoms with Gasteiger partial charge in [0.25, 0.3) is 0 Å². The molecule has 0 aromatic rings. The normalized spacial score (nSPS) is 20.6. The van der Waals surface area contributed by atoms with E-state index in [4.69, 9.17) is 0 Å². The average Bonchev–Trinajstić information content (AvgIpc) is 2.65. The van der Waals surface area contributed by atoms with Crippen molar-refractivity contribution < 1.29 is 9.59 Å².